The van der Waals surface area contributed by atoms with Crippen molar-refractivity contribution in [3.8, 4) is 5.75 Å². The fraction of sp³-hybridized carbons (Fsp3) is 0.556. The Morgan fingerprint density at radius 1 is 1.24 bits per heavy atom. The van der Waals surface area contributed by atoms with Gasteiger partial charge in [0.15, 0.2) is 6.10 Å². The highest BCUT2D eigenvalue weighted by molar-refractivity contribution is 7.52. The number of rotatable bonds is 12. The van der Waals surface area contributed by atoms with Crippen molar-refractivity contribution in [1.29, 1.82) is 0 Å². The molecular weight excluding hydrogens is 643 g/mol. The summed E-state index contributed by atoms with van der Waals surface area (Å²) >= 11 is 5.89. The average molecular weight is 678 g/mol. The molecule has 0 radical (unpaired) electrons. The van der Waals surface area contributed by atoms with E-state index in [9.17, 15) is 24.1 Å². The lowest BCUT2D eigenvalue weighted by Gasteiger charge is -2.25. The molecule has 1 amide bonds. The van der Waals surface area contributed by atoms with E-state index < -0.39 is 68.6 Å². The number of carbonyl (C=O) groups excluding carboxylic acids is 2. The number of halogens is 3. The molecule has 2 aliphatic rings. The standard InChI is InChI=1S/C27H35ClF2N5O9P/c1-15(2)42-24(38)16(3)33-45(40,44-18-9-7-17(28)8-10-18)41-14-20-22(36)27(29,30)25(43-20)35-13-11-21(32-26(35)39)31-23(37)19-6-5-12-34(19)4/h7-11,13,15-16,19-20,22,25,36H,5-6,12,14H2,1-4H3,(H,33,40)(H,31,32,37,39). The van der Waals surface area contributed by atoms with Crippen molar-refractivity contribution < 1.29 is 46.6 Å². The van der Waals surface area contributed by atoms with E-state index in [4.69, 9.17) is 30.1 Å². The van der Waals surface area contributed by atoms with Crippen LogP contribution in [-0.2, 0) is 28.2 Å². The minimum atomic E-state index is -4.52. The van der Waals surface area contributed by atoms with Crippen molar-refractivity contribution >= 4 is 37.0 Å². The van der Waals surface area contributed by atoms with E-state index in [1.165, 1.54) is 31.2 Å². The predicted octanol–water partition coefficient (Wildman–Crippen LogP) is 2.96. The van der Waals surface area contributed by atoms with E-state index in [1.807, 2.05) is 4.90 Å². The molecule has 1 aromatic heterocycles. The Morgan fingerprint density at radius 3 is 2.53 bits per heavy atom. The Hall–Kier alpha value is -2.98. The van der Waals surface area contributed by atoms with E-state index in [-0.39, 0.29) is 17.5 Å². The SMILES string of the molecule is CC(C)OC(=O)C(C)NP(=O)(OCC1OC(n2ccc(NC(=O)C3CCCN3C)nc2=O)C(F)(F)C1O)Oc1ccc(Cl)cc1. The summed E-state index contributed by atoms with van der Waals surface area (Å²) in [5.74, 6) is -5.35. The van der Waals surface area contributed by atoms with Gasteiger partial charge in [0.05, 0.1) is 18.8 Å². The molecule has 2 saturated heterocycles. The molecule has 18 heteroatoms. The van der Waals surface area contributed by atoms with Gasteiger partial charge in [-0.25, -0.2) is 9.36 Å². The van der Waals surface area contributed by atoms with Crippen LogP contribution in [0.15, 0.2) is 41.3 Å². The van der Waals surface area contributed by atoms with Crippen LogP contribution in [0.5, 0.6) is 5.75 Å². The Bertz CT molecular complexity index is 1480. The quantitative estimate of drug-likeness (QED) is 0.222. The van der Waals surface area contributed by atoms with Crippen LogP contribution < -0.4 is 20.6 Å². The van der Waals surface area contributed by atoms with Gasteiger partial charge in [0, 0.05) is 11.2 Å². The first-order chi connectivity index (χ1) is 21.1. The van der Waals surface area contributed by atoms with Crippen LogP contribution in [0.25, 0.3) is 0 Å². The maximum atomic E-state index is 15.2. The molecule has 3 heterocycles. The second-order valence-electron chi connectivity index (χ2n) is 11.0. The van der Waals surface area contributed by atoms with Gasteiger partial charge in [-0.15, -0.1) is 0 Å². The van der Waals surface area contributed by atoms with Gasteiger partial charge in [-0.1, -0.05) is 11.6 Å². The lowest BCUT2D eigenvalue weighted by atomic mass is 10.1. The number of aliphatic hydroxyl groups excluding tert-OH is 1. The summed E-state index contributed by atoms with van der Waals surface area (Å²) in [6.07, 6.45) is -4.73. The first-order valence-electron chi connectivity index (χ1n) is 14.1. The zero-order valence-corrected chi connectivity index (χ0v) is 26.5. The number of ether oxygens (including phenoxy) is 2. The number of nitrogens with zero attached hydrogens (tertiary/aromatic N) is 3. The lowest BCUT2D eigenvalue weighted by molar-refractivity contribution is -0.149. The van der Waals surface area contributed by atoms with Crippen molar-refractivity contribution in [2.24, 2.45) is 0 Å². The van der Waals surface area contributed by atoms with Gasteiger partial charge in [0.2, 0.25) is 12.1 Å². The topological polar surface area (TPSA) is 171 Å². The van der Waals surface area contributed by atoms with Crippen LogP contribution in [0.3, 0.4) is 0 Å². The van der Waals surface area contributed by atoms with Crippen LogP contribution in [0.4, 0.5) is 14.6 Å². The molecular formula is C27H35ClF2N5O9P. The van der Waals surface area contributed by atoms with Gasteiger partial charge in [-0.05, 0) is 77.5 Å². The Labute approximate surface area is 262 Å². The third-order valence-corrected chi connectivity index (χ3v) is 8.94. The Morgan fingerprint density at radius 2 is 1.93 bits per heavy atom. The summed E-state index contributed by atoms with van der Waals surface area (Å²) in [4.78, 5) is 43.2. The number of carbonyl (C=O) groups is 2. The van der Waals surface area contributed by atoms with Gasteiger partial charge in [-0.3, -0.25) is 23.6 Å². The van der Waals surface area contributed by atoms with Gasteiger partial charge < -0.3 is 24.4 Å². The molecule has 45 heavy (non-hydrogen) atoms. The fourth-order valence-electron chi connectivity index (χ4n) is 4.74. The number of amides is 1. The lowest BCUT2D eigenvalue weighted by Crippen LogP contribution is -2.42. The number of esters is 1. The minimum Gasteiger partial charge on any atom is -0.462 e. The van der Waals surface area contributed by atoms with Crippen LogP contribution in [-0.4, -0.2) is 88.0 Å². The van der Waals surface area contributed by atoms with Crippen LogP contribution >= 0.6 is 19.3 Å². The van der Waals surface area contributed by atoms with E-state index in [2.05, 4.69) is 15.4 Å². The van der Waals surface area contributed by atoms with E-state index in [0.717, 1.165) is 25.2 Å². The number of nitrogens with one attached hydrogen (secondary N) is 2. The maximum absolute atomic E-state index is 15.2. The smallest absolute Gasteiger partial charge is 0.459 e. The Kier molecular flexibility index (Phi) is 11.0. The predicted molar refractivity (Wildman–Crippen MR) is 157 cm³/mol. The summed E-state index contributed by atoms with van der Waals surface area (Å²) in [7, 11) is -2.73. The monoisotopic (exact) mass is 677 g/mol. The highest BCUT2D eigenvalue weighted by atomic mass is 35.5. The Balaban J connectivity index is 1.48. The molecule has 2 fully saturated rings. The van der Waals surface area contributed by atoms with Crippen molar-refractivity contribution in [1.82, 2.24) is 19.5 Å². The van der Waals surface area contributed by atoms with Crippen molar-refractivity contribution in [3.05, 3.63) is 52.0 Å². The molecule has 6 unspecified atom stereocenters. The molecule has 0 bridgehead atoms. The van der Waals surface area contributed by atoms with Gasteiger partial charge >= 0.3 is 25.3 Å². The number of hydrogen-bond donors (Lipinski definition) is 3. The molecule has 1 aromatic carbocycles. The second kappa shape index (κ2) is 14.2. The van der Waals surface area contributed by atoms with E-state index in [1.54, 1.807) is 20.9 Å². The third kappa shape index (κ3) is 8.44. The molecule has 2 aliphatic heterocycles. The zero-order chi connectivity index (χ0) is 33.1. The summed E-state index contributed by atoms with van der Waals surface area (Å²) in [6, 6.07) is 5.10. The number of aliphatic hydroxyl groups is 1. The van der Waals surface area contributed by atoms with Crippen molar-refractivity contribution in [2.75, 3.05) is 25.5 Å². The molecule has 14 nitrogen and oxygen atoms in total. The summed E-state index contributed by atoms with van der Waals surface area (Å²) in [5, 5.41) is 15.7. The number of likely N-dealkylation sites (N-methyl/N-ethyl adjacent to an activating group) is 1. The maximum Gasteiger partial charge on any atom is 0.459 e. The molecule has 2 aromatic rings. The molecule has 248 valence electrons. The highest BCUT2D eigenvalue weighted by Crippen LogP contribution is 2.48. The highest BCUT2D eigenvalue weighted by Gasteiger charge is 2.60. The van der Waals surface area contributed by atoms with Gasteiger partial charge in [0.25, 0.3) is 0 Å². The molecule has 6 atom stereocenters. The largest absolute Gasteiger partial charge is 0.462 e. The van der Waals surface area contributed by atoms with Gasteiger partial charge in [-0.2, -0.15) is 18.9 Å². The van der Waals surface area contributed by atoms with Crippen LogP contribution in [0.2, 0.25) is 5.02 Å². The first-order valence-corrected chi connectivity index (χ1v) is 16.0. The normalized spacial score (nSPS) is 25.1. The summed E-state index contributed by atoms with van der Waals surface area (Å²) in [6.45, 7) is 4.37. The van der Waals surface area contributed by atoms with Crippen molar-refractivity contribution in [3.63, 3.8) is 0 Å². The zero-order valence-electron chi connectivity index (χ0n) is 24.9. The third-order valence-electron chi connectivity index (χ3n) is 7.04. The number of anilines is 1. The fourth-order valence-corrected chi connectivity index (χ4v) is 6.37. The molecule has 0 spiro atoms. The molecule has 3 N–H and O–H groups in total. The average Bonchev–Trinajstić information content (AvgIpc) is 3.48. The summed E-state index contributed by atoms with van der Waals surface area (Å²) < 4.78 is 65.9. The van der Waals surface area contributed by atoms with Crippen molar-refractivity contribution in [2.45, 2.75) is 76.2 Å². The number of likely N-dealkylation sites (tertiary alicyclic amines) is 1. The van der Waals surface area contributed by atoms with Crippen LogP contribution in [0, 0.1) is 0 Å². The second-order valence-corrected chi connectivity index (χ2v) is 13.1. The summed E-state index contributed by atoms with van der Waals surface area (Å²) in [5.41, 5.74) is -1.18. The number of alkyl halides is 2. The minimum absolute atomic E-state index is 0.000129. The van der Waals surface area contributed by atoms with E-state index >= 15 is 8.78 Å². The number of hydrogen-bond acceptors (Lipinski definition) is 11. The number of aromatic nitrogens is 2. The number of benzene rings is 1. The van der Waals surface area contributed by atoms with E-state index in [0.29, 0.717) is 16.0 Å². The first kappa shape index (κ1) is 34.9. The van der Waals surface area contributed by atoms with Crippen LogP contribution in [0.1, 0.15) is 39.8 Å². The molecule has 0 saturated carbocycles. The van der Waals surface area contributed by atoms with Gasteiger partial charge in [0.1, 0.15) is 23.7 Å². The molecule has 0 aliphatic carbocycles. The molecule has 4 rings (SSSR count).